The molecule has 0 spiro atoms. The average Bonchev–Trinajstić information content (AvgIpc) is 2.47. The number of rotatable bonds is 5. The topological polar surface area (TPSA) is 64.1 Å². The molecule has 0 atom stereocenters. The Morgan fingerprint density at radius 1 is 1.20 bits per heavy atom. The molecule has 0 saturated carbocycles. The summed E-state index contributed by atoms with van der Waals surface area (Å²) >= 11 is 0. The molecule has 5 nitrogen and oxygen atoms in total. The van der Waals surface area contributed by atoms with Crippen molar-refractivity contribution in [2.75, 3.05) is 19.0 Å². The number of carbonyl (C=O) groups is 1. The minimum Gasteiger partial charge on any atom is -0.384 e. The lowest BCUT2D eigenvalue weighted by Gasteiger charge is -2.05. The number of carbonyl (C=O) groups excluding carboxylic acids is 1. The molecular formula is C15H17N3O2. The smallest absolute Gasteiger partial charge is 0.226 e. The second-order valence-corrected chi connectivity index (χ2v) is 4.45. The van der Waals surface area contributed by atoms with Gasteiger partial charge in [-0.1, -0.05) is 29.8 Å². The second-order valence-electron chi connectivity index (χ2n) is 4.45. The van der Waals surface area contributed by atoms with Crippen molar-refractivity contribution in [3.05, 3.63) is 42.2 Å². The van der Waals surface area contributed by atoms with Gasteiger partial charge in [0.1, 0.15) is 0 Å². The molecule has 0 unspecified atom stereocenters. The summed E-state index contributed by atoms with van der Waals surface area (Å²) < 4.78 is 4.84. The van der Waals surface area contributed by atoms with Gasteiger partial charge in [0, 0.05) is 12.7 Å². The first-order valence-corrected chi connectivity index (χ1v) is 6.37. The number of hydrogen-bond donors (Lipinski definition) is 1. The highest BCUT2D eigenvalue weighted by molar-refractivity contribution is 5.90. The van der Waals surface area contributed by atoms with Gasteiger partial charge in [0.15, 0.2) is 5.82 Å². The van der Waals surface area contributed by atoms with E-state index in [2.05, 4.69) is 15.3 Å². The predicted octanol–water partition coefficient (Wildman–Crippen LogP) is 2.43. The summed E-state index contributed by atoms with van der Waals surface area (Å²) in [6.45, 7) is 2.43. The maximum absolute atomic E-state index is 11.5. The molecule has 0 saturated heterocycles. The monoisotopic (exact) mass is 271 g/mol. The Morgan fingerprint density at radius 2 is 1.85 bits per heavy atom. The molecule has 0 bridgehead atoms. The summed E-state index contributed by atoms with van der Waals surface area (Å²) in [5, 5.41) is 2.72. The molecule has 0 radical (unpaired) electrons. The number of methoxy groups -OCH3 is 1. The van der Waals surface area contributed by atoms with Gasteiger partial charge in [0.25, 0.3) is 0 Å². The van der Waals surface area contributed by atoms with Crippen LogP contribution < -0.4 is 5.32 Å². The van der Waals surface area contributed by atoms with Crippen LogP contribution in [-0.2, 0) is 9.53 Å². The van der Waals surface area contributed by atoms with Gasteiger partial charge < -0.3 is 10.1 Å². The van der Waals surface area contributed by atoms with Gasteiger partial charge in [-0.25, -0.2) is 9.97 Å². The number of amides is 1. The van der Waals surface area contributed by atoms with Gasteiger partial charge in [-0.05, 0) is 6.92 Å². The Labute approximate surface area is 118 Å². The number of ether oxygens (including phenoxy) is 1. The summed E-state index contributed by atoms with van der Waals surface area (Å²) in [5.74, 6) is 0.526. The van der Waals surface area contributed by atoms with Crippen LogP contribution in [0.15, 0.2) is 36.7 Å². The van der Waals surface area contributed by atoms with E-state index in [1.165, 1.54) is 5.56 Å². The van der Waals surface area contributed by atoms with E-state index in [-0.39, 0.29) is 5.91 Å². The highest BCUT2D eigenvalue weighted by atomic mass is 16.5. The van der Waals surface area contributed by atoms with E-state index < -0.39 is 0 Å². The Hall–Kier alpha value is -2.27. The van der Waals surface area contributed by atoms with Crippen molar-refractivity contribution >= 4 is 11.6 Å². The fourth-order valence-electron chi connectivity index (χ4n) is 1.66. The van der Waals surface area contributed by atoms with Crippen LogP contribution in [-0.4, -0.2) is 29.6 Å². The molecule has 2 rings (SSSR count). The quantitative estimate of drug-likeness (QED) is 0.907. The standard InChI is InChI=1S/C15H17N3O2/c1-11-3-5-12(6-4-11)15-16-9-13(10-17-15)18-14(19)7-8-20-2/h3-6,9-10H,7-8H2,1-2H3,(H,18,19). The van der Waals surface area contributed by atoms with Crippen LogP contribution in [0.2, 0.25) is 0 Å². The van der Waals surface area contributed by atoms with Crippen molar-refractivity contribution in [2.45, 2.75) is 13.3 Å². The maximum atomic E-state index is 11.5. The molecule has 1 heterocycles. The molecule has 1 N–H and O–H groups in total. The van der Waals surface area contributed by atoms with Crippen molar-refractivity contribution in [1.82, 2.24) is 9.97 Å². The Balaban J connectivity index is 2.02. The zero-order chi connectivity index (χ0) is 14.4. The summed E-state index contributed by atoms with van der Waals surface area (Å²) in [4.78, 5) is 20.0. The van der Waals surface area contributed by atoms with Gasteiger partial charge in [0.2, 0.25) is 5.91 Å². The molecule has 0 aliphatic rings. The Kier molecular flexibility index (Phi) is 4.79. The molecule has 5 heteroatoms. The van der Waals surface area contributed by atoms with Crippen LogP contribution in [0.5, 0.6) is 0 Å². The summed E-state index contributed by atoms with van der Waals surface area (Å²) in [5.41, 5.74) is 2.73. The number of aryl methyl sites for hydroxylation is 1. The Bertz CT molecular complexity index is 565. The lowest BCUT2D eigenvalue weighted by atomic mass is 10.1. The summed E-state index contributed by atoms with van der Waals surface area (Å²) in [6, 6.07) is 7.97. The number of hydrogen-bond acceptors (Lipinski definition) is 4. The fourth-order valence-corrected chi connectivity index (χ4v) is 1.66. The van der Waals surface area contributed by atoms with Crippen LogP contribution >= 0.6 is 0 Å². The van der Waals surface area contributed by atoms with E-state index in [9.17, 15) is 4.79 Å². The number of anilines is 1. The number of benzene rings is 1. The predicted molar refractivity (Wildman–Crippen MR) is 77.3 cm³/mol. The molecule has 0 fully saturated rings. The minimum absolute atomic E-state index is 0.112. The normalized spacial score (nSPS) is 10.3. The van der Waals surface area contributed by atoms with Crippen LogP contribution in [0.1, 0.15) is 12.0 Å². The third-order valence-electron chi connectivity index (χ3n) is 2.78. The molecule has 0 aliphatic carbocycles. The zero-order valence-corrected chi connectivity index (χ0v) is 11.6. The molecule has 1 aromatic carbocycles. The Morgan fingerprint density at radius 3 is 2.45 bits per heavy atom. The van der Waals surface area contributed by atoms with E-state index in [1.54, 1.807) is 19.5 Å². The molecule has 104 valence electrons. The van der Waals surface area contributed by atoms with Crippen molar-refractivity contribution in [2.24, 2.45) is 0 Å². The first-order valence-electron chi connectivity index (χ1n) is 6.37. The lowest BCUT2D eigenvalue weighted by Crippen LogP contribution is -2.14. The zero-order valence-electron chi connectivity index (χ0n) is 11.6. The van der Waals surface area contributed by atoms with Gasteiger partial charge in [-0.2, -0.15) is 0 Å². The highest BCUT2D eigenvalue weighted by Gasteiger charge is 2.04. The summed E-state index contributed by atoms with van der Waals surface area (Å²) in [6.07, 6.45) is 3.52. The van der Waals surface area contributed by atoms with Gasteiger partial charge >= 0.3 is 0 Å². The fraction of sp³-hybridized carbons (Fsp3) is 0.267. The first kappa shape index (κ1) is 14.1. The lowest BCUT2D eigenvalue weighted by molar-refractivity contribution is -0.117. The van der Waals surface area contributed by atoms with E-state index in [0.29, 0.717) is 24.5 Å². The number of nitrogens with zero attached hydrogens (tertiary/aromatic N) is 2. The van der Waals surface area contributed by atoms with Gasteiger partial charge in [0.05, 0.1) is 31.1 Å². The highest BCUT2D eigenvalue weighted by Crippen LogP contribution is 2.16. The van der Waals surface area contributed by atoms with E-state index in [4.69, 9.17) is 4.74 Å². The van der Waals surface area contributed by atoms with Crippen molar-refractivity contribution in [1.29, 1.82) is 0 Å². The number of aromatic nitrogens is 2. The average molecular weight is 271 g/mol. The van der Waals surface area contributed by atoms with Crippen molar-refractivity contribution in [3.63, 3.8) is 0 Å². The second kappa shape index (κ2) is 6.77. The molecule has 2 aromatic rings. The maximum Gasteiger partial charge on any atom is 0.226 e. The van der Waals surface area contributed by atoms with E-state index in [1.807, 2.05) is 31.2 Å². The van der Waals surface area contributed by atoms with Gasteiger partial charge in [-0.3, -0.25) is 4.79 Å². The van der Waals surface area contributed by atoms with Crippen LogP contribution in [0.25, 0.3) is 11.4 Å². The molecule has 20 heavy (non-hydrogen) atoms. The van der Waals surface area contributed by atoms with E-state index >= 15 is 0 Å². The molecule has 1 aromatic heterocycles. The number of nitrogens with one attached hydrogen (secondary N) is 1. The largest absolute Gasteiger partial charge is 0.384 e. The minimum atomic E-state index is -0.112. The van der Waals surface area contributed by atoms with Gasteiger partial charge in [-0.15, -0.1) is 0 Å². The van der Waals surface area contributed by atoms with Crippen LogP contribution in [0, 0.1) is 6.92 Å². The third-order valence-corrected chi connectivity index (χ3v) is 2.78. The molecule has 0 aliphatic heterocycles. The third kappa shape index (κ3) is 3.86. The van der Waals surface area contributed by atoms with E-state index in [0.717, 1.165) is 5.56 Å². The van der Waals surface area contributed by atoms with Crippen molar-refractivity contribution < 1.29 is 9.53 Å². The first-order chi connectivity index (χ1) is 9.69. The van der Waals surface area contributed by atoms with Crippen LogP contribution in [0.4, 0.5) is 5.69 Å². The molecular weight excluding hydrogens is 254 g/mol. The van der Waals surface area contributed by atoms with Crippen molar-refractivity contribution in [3.8, 4) is 11.4 Å². The SMILES string of the molecule is COCCC(=O)Nc1cnc(-c2ccc(C)cc2)nc1. The molecule has 1 amide bonds. The summed E-state index contributed by atoms with van der Waals surface area (Å²) in [7, 11) is 1.56. The van der Waals surface area contributed by atoms with Crippen LogP contribution in [0.3, 0.4) is 0 Å².